The van der Waals surface area contributed by atoms with E-state index in [1.165, 1.54) is 12.1 Å². The summed E-state index contributed by atoms with van der Waals surface area (Å²) in [5, 5.41) is 0. The lowest BCUT2D eigenvalue weighted by Crippen LogP contribution is -2.32. The molecule has 9 heteroatoms. The van der Waals surface area contributed by atoms with Crippen molar-refractivity contribution in [1.82, 2.24) is 9.88 Å². The van der Waals surface area contributed by atoms with E-state index in [-0.39, 0.29) is 5.54 Å². The molecule has 2 heterocycles. The quantitative estimate of drug-likeness (QED) is 0.530. The van der Waals surface area contributed by atoms with Crippen LogP contribution >= 0.6 is 0 Å². The average molecular weight is 474 g/mol. The van der Waals surface area contributed by atoms with Crippen molar-refractivity contribution in [3.63, 3.8) is 0 Å². The van der Waals surface area contributed by atoms with Crippen LogP contribution in [-0.2, 0) is 16.4 Å². The number of hydrogen-bond acceptors (Lipinski definition) is 5. The van der Waals surface area contributed by atoms with E-state index in [0.717, 1.165) is 54.9 Å². The van der Waals surface area contributed by atoms with Crippen molar-refractivity contribution in [2.24, 2.45) is 0 Å². The third-order valence-corrected chi connectivity index (χ3v) is 7.91. The molecule has 5 rings (SSSR count). The van der Waals surface area contributed by atoms with Crippen LogP contribution in [0.25, 0.3) is 11.3 Å². The minimum absolute atomic E-state index is 0.0485. The largest absolute Gasteiger partial charge is 0.501 e. The van der Waals surface area contributed by atoms with Crippen LogP contribution in [0.5, 0.6) is 0 Å². The van der Waals surface area contributed by atoms with Gasteiger partial charge in [-0.25, -0.2) is 8.42 Å². The maximum Gasteiger partial charge on any atom is 0.501 e. The van der Waals surface area contributed by atoms with Crippen LogP contribution in [0.2, 0.25) is 0 Å². The molecule has 2 aromatic carbocycles. The van der Waals surface area contributed by atoms with E-state index in [2.05, 4.69) is 20.9 Å². The van der Waals surface area contributed by atoms with Crippen molar-refractivity contribution in [2.45, 2.75) is 35.3 Å². The fourth-order valence-corrected chi connectivity index (χ4v) is 5.16. The summed E-state index contributed by atoms with van der Waals surface area (Å²) >= 11 is 0. The number of hydrogen-bond donors (Lipinski definition) is 0. The van der Waals surface area contributed by atoms with Gasteiger partial charge in [0.05, 0.1) is 17.3 Å². The van der Waals surface area contributed by atoms with Gasteiger partial charge in [0.25, 0.3) is 9.84 Å². The average Bonchev–Trinajstić information content (AvgIpc) is 3.50. The van der Waals surface area contributed by atoms with E-state index in [9.17, 15) is 21.6 Å². The summed E-state index contributed by atoms with van der Waals surface area (Å²) in [7, 11) is -5.34. The molecule has 1 saturated carbocycles. The van der Waals surface area contributed by atoms with Crippen LogP contribution in [0.4, 0.5) is 18.9 Å². The molecule has 1 saturated heterocycles. The second-order valence-electron chi connectivity index (χ2n) is 8.62. The molecule has 2 aliphatic rings. The van der Waals surface area contributed by atoms with Gasteiger partial charge in [-0.15, -0.1) is 0 Å². The standard InChI is InChI=1S/C24H22F3N3O2S/c25-24(26,27)33(31,32)21-8-6-20(7-9-21)29-16-23(11-12-23)30(17-29)15-18-10-13-28-22(14-18)19-4-2-1-3-5-19/h1-10,13-14H,11-12,15-17H2. The van der Waals surface area contributed by atoms with E-state index in [4.69, 9.17) is 0 Å². The summed E-state index contributed by atoms with van der Waals surface area (Å²) < 4.78 is 61.7. The zero-order valence-corrected chi connectivity index (χ0v) is 18.5. The van der Waals surface area contributed by atoms with Gasteiger partial charge in [-0.1, -0.05) is 30.3 Å². The molecule has 0 N–H and O–H groups in total. The summed E-state index contributed by atoms with van der Waals surface area (Å²) in [6.07, 6.45) is 3.92. The molecule has 1 aliphatic heterocycles. The minimum Gasteiger partial charge on any atom is -0.357 e. The number of alkyl halides is 3. The van der Waals surface area contributed by atoms with Crippen LogP contribution in [0, 0.1) is 0 Å². The lowest BCUT2D eigenvalue weighted by atomic mass is 10.1. The first kappa shape index (κ1) is 21.9. The second-order valence-corrected chi connectivity index (χ2v) is 10.6. The highest BCUT2D eigenvalue weighted by Crippen LogP contribution is 2.48. The molecule has 1 aromatic heterocycles. The highest BCUT2D eigenvalue weighted by Gasteiger charge is 2.53. The summed E-state index contributed by atoms with van der Waals surface area (Å²) in [4.78, 5) is 8.23. The SMILES string of the molecule is O=S(=O)(c1ccc(N2CN(Cc3ccnc(-c4ccccc4)c3)C3(CC3)C2)cc1)C(F)(F)F. The molecule has 5 nitrogen and oxygen atoms in total. The Morgan fingerprint density at radius 2 is 1.67 bits per heavy atom. The number of aromatic nitrogens is 1. The Hall–Kier alpha value is -2.91. The predicted molar refractivity (Wildman–Crippen MR) is 119 cm³/mol. The van der Waals surface area contributed by atoms with Crippen LogP contribution in [0.3, 0.4) is 0 Å². The molecule has 0 bridgehead atoms. The Morgan fingerprint density at radius 1 is 0.970 bits per heavy atom. The van der Waals surface area contributed by atoms with Crippen molar-refractivity contribution in [1.29, 1.82) is 0 Å². The van der Waals surface area contributed by atoms with Crippen LogP contribution in [0.15, 0.2) is 77.8 Å². The lowest BCUT2D eigenvalue weighted by molar-refractivity contribution is -0.0436. The van der Waals surface area contributed by atoms with Gasteiger partial charge >= 0.3 is 5.51 Å². The first-order valence-electron chi connectivity index (χ1n) is 10.6. The van der Waals surface area contributed by atoms with Gasteiger partial charge in [-0.05, 0) is 54.8 Å². The smallest absolute Gasteiger partial charge is 0.357 e. The fraction of sp³-hybridized carbons (Fsp3) is 0.292. The molecule has 2 fully saturated rings. The van der Waals surface area contributed by atoms with Gasteiger partial charge in [0, 0.05) is 36.1 Å². The van der Waals surface area contributed by atoms with E-state index < -0.39 is 20.2 Å². The Balaban J connectivity index is 1.33. The number of halogens is 3. The first-order valence-corrected chi connectivity index (χ1v) is 12.1. The Labute approximate surface area is 190 Å². The number of pyridine rings is 1. The molecule has 0 amide bonds. The molecule has 172 valence electrons. The van der Waals surface area contributed by atoms with Gasteiger partial charge < -0.3 is 4.90 Å². The number of sulfone groups is 1. The zero-order valence-electron chi connectivity index (χ0n) is 17.7. The second kappa shape index (κ2) is 7.85. The Bertz CT molecular complexity index is 1260. The monoisotopic (exact) mass is 473 g/mol. The van der Waals surface area contributed by atoms with Crippen molar-refractivity contribution in [2.75, 3.05) is 18.1 Å². The molecule has 33 heavy (non-hydrogen) atoms. The maximum atomic E-state index is 12.8. The van der Waals surface area contributed by atoms with Gasteiger partial charge in [-0.3, -0.25) is 9.88 Å². The Morgan fingerprint density at radius 3 is 2.30 bits per heavy atom. The number of rotatable bonds is 5. The first-order chi connectivity index (χ1) is 15.7. The van der Waals surface area contributed by atoms with Gasteiger partial charge in [0.2, 0.25) is 0 Å². The van der Waals surface area contributed by atoms with Crippen molar-refractivity contribution in [3.05, 3.63) is 78.5 Å². The van der Waals surface area contributed by atoms with Crippen LogP contribution in [-0.4, -0.2) is 42.6 Å². The van der Waals surface area contributed by atoms with Crippen molar-refractivity contribution < 1.29 is 21.6 Å². The fourth-order valence-electron chi connectivity index (χ4n) is 4.40. The maximum absolute atomic E-state index is 12.8. The zero-order chi connectivity index (χ0) is 23.3. The molecular weight excluding hydrogens is 451 g/mol. The third kappa shape index (κ3) is 4.11. The van der Waals surface area contributed by atoms with Crippen LogP contribution in [0.1, 0.15) is 18.4 Å². The van der Waals surface area contributed by atoms with E-state index >= 15 is 0 Å². The molecule has 1 aliphatic carbocycles. The van der Waals surface area contributed by atoms with E-state index in [1.54, 1.807) is 0 Å². The molecule has 0 unspecified atom stereocenters. The summed E-state index contributed by atoms with van der Waals surface area (Å²) in [5.74, 6) is 0. The number of nitrogens with zero attached hydrogens (tertiary/aromatic N) is 3. The van der Waals surface area contributed by atoms with E-state index in [1.807, 2.05) is 42.6 Å². The molecule has 3 aromatic rings. The molecule has 0 atom stereocenters. The lowest BCUT2D eigenvalue weighted by Gasteiger charge is -2.23. The van der Waals surface area contributed by atoms with Gasteiger partial charge in [0.15, 0.2) is 0 Å². The highest BCUT2D eigenvalue weighted by atomic mass is 32.2. The summed E-state index contributed by atoms with van der Waals surface area (Å²) in [6, 6.07) is 19.0. The van der Waals surface area contributed by atoms with Crippen LogP contribution < -0.4 is 4.90 Å². The van der Waals surface area contributed by atoms with Crippen molar-refractivity contribution >= 4 is 15.5 Å². The Kier molecular flexibility index (Phi) is 5.21. The summed E-state index contributed by atoms with van der Waals surface area (Å²) in [5.41, 5.74) is -1.44. The number of anilines is 1. The normalized spacial score (nSPS) is 18.1. The predicted octanol–water partition coefficient (Wildman–Crippen LogP) is 4.85. The van der Waals surface area contributed by atoms with Crippen molar-refractivity contribution in [3.8, 4) is 11.3 Å². The third-order valence-electron chi connectivity index (χ3n) is 6.41. The summed E-state index contributed by atoms with van der Waals surface area (Å²) in [6.45, 7) is 2.11. The molecule has 1 spiro atoms. The molecular formula is C24H22F3N3O2S. The highest BCUT2D eigenvalue weighted by molar-refractivity contribution is 7.92. The molecule has 0 radical (unpaired) electrons. The van der Waals surface area contributed by atoms with Gasteiger partial charge in [0.1, 0.15) is 0 Å². The van der Waals surface area contributed by atoms with Gasteiger partial charge in [-0.2, -0.15) is 13.2 Å². The van der Waals surface area contributed by atoms with E-state index in [0.29, 0.717) is 12.4 Å². The number of benzene rings is 2. The topological polar surface area (TPSA) is 53.5 Å². The minimum atomic E-state index is -5.34.